The molecule has 1 aromatic heterocycles. The first-order valence-electron chi connectivity index (χ1n) is 9.37. The van der Waals surface area contributed by atoms with Crippen LogP contribution in [-0.4, -0.2) is 4.57 Å². The third kappa shape index (κ3) is 4.47. The molecular weight excluding hydrogens is 416 g/mol. The highest BCUT2D eigenvalue weighted by Gasteiger charge is 2.23. The van der Waals surface area contributed by atoms with Gasteiger partial charge in [0.15, 0.2) is 0 Å². The van der Waals surface area contributed by atoms with Gasteiger partial charge in [-0.1, -0.05) is 57.5 Å². The lowest BCUT2D eigenvalue weighted by Gasteiger charge is -2.23. The van der Waals surface area contributed by atoms with E-state index in [1.165, 1.54) is 17.2 Å². The number of nitrogens with zero attached hydrogens (tertiary/aromatic N) is 2. The summed E-state index contributed by atoms with van der Waals surface area (Å²) in [5.74, 6) is 0.0269. The van der Waals surface area contributed by atoms with Crippen molar-refractivity contribution in [1.82, 2.24) is 4.57 Å². The Morgan fingerprint density at radius 2 is 1.68 bits per heavy atom. The van der Waals surface area contributed by atoms with E-state index >= 15 is 0 Å². The van der Waals surface area contributed by atoms with Crippen molar-refractivity contribution in [2.24, 2.45) is 5.18 Å². The number of aromatic nitrogens is 1. The van der Waals surface area contributed by atoms with E-state index in [0.29, 0.717) is 13.0 Å². The summed E-state index contributed by atoms with van der Waals surface area (Å²) in [4.78, 5) is 23.7. The van der Waals surface area contributed by atoms with Crippen LogP contribution in [0.1, 0.15) is 47.6 Å². The number of rotatable bonds is 7. The molecule has 0 N–H and O–H groups in total. The van der Waals surface area contributed by atoms with Crippen LogP contribution in [0.5, 0.6) is 0 Å². The number of pyridine rings is 1. The van der Waals surface area contributed by atoms with E-state index in [0.717, 1.165) is 15.6 Å². The molecule has 5 heteroatoms. The molecule has 0 aliphatic heterocycles. The predicted octanol–water partition coefficient (Wildman–Crippen LogP) is 5.97. The Kier molecular flexibility index (Phi) is 6.57. The molecule has 0 saturated heterocycles. The summed E-state index contributed by atoms with van der Waals surface area (Å²) in [6, 6.07) is 19.1. The lowest BCUT2D eigenvalue weighted by atomic mass is 9.83. The number of aryl methyl sites for hydroxylation is 2. The highest BCUT2D eigenvalue weighted by molar-refractivity contribution is 9.10. The molecule has 0 amide bonds. The largest absolute Gasteiger partial charge is 0.315 e. The molecule has 0 spiro atoms. The van der Waals surface area contributed by atoms with Crippen LogP contribution < -0.4 is 5.56 Å². The van der Waals surface area contributed by atoms with Crippen LogP contribution in [0.15, 0.2) is 81.3 Å². The minimum absolute atomic E-state index is 0.0269. The Hall–Kier alpha value is -2.53. The zero-order valence-corrected chi connectivity index (χ0v) is 17.6. The van der Waals surface area contributed by atoms with Crippen molar-refractivity contribution >= 4 is 15.9 Å². The zero-order valence-electron chi connectivity index (χ0n) is 16.0. The second-order valence-electron chi connectivity index (χ2n) is 6.90. The van der Waals surface area contributed by atoms with E-state index in [1.54, 1.807) is 16.8 Å². The van der Waals surface area contributed by atoms with Gasteiger partial charge in [-0.2, -0.15) is 4.91 Å². The van der Waals surface area contributed by atoms with Crippen molar-refractivity contribution in [2.75, 3.05) is 0 Å². The SMILES string of the molecule is CCn1cc(C(CC(c2ccc(Br)cc2)c2ccccc2C)N=O)ccc1=O. The van der Waals surface area contributed by atoms with Crippen molar-refractivity contribution in [1.29, 1.82) is 0 Å². The minimum atomic E-state index is -0.536. The Labute approximate surface area is 173 Å². The lowest BCUT2D eigenvalue weighted by molar-refractivity contribution is 0.583. The third-order valence-corrected chi connectivity index (χ3v) is 5.68. The maximum absolute atomic E-state index is 11.9. The lowest BCUT2D eigenvalue weighted by Crippen LogP contribution is -2.19. The first-order chi connectivity index (χ1) is 13.5. The number of hydrogen-bond donors (Lipinski definition) is 0. The number of nitroso groups, excluding NO2 is 1. The molecule has 3 rings (SSSR count). The highest BCUT2D eigenvalue weighted by atomic mass is 79.9. The van der Waals surface area contributed by atoms with Crippen LogP contribution in [0.4, 0.5) is 0 Å². The summed E-state index contributed by atoms with van der Waals surface area (Å²) in [7, 11) is 0. The Morgan fingerprint density at radius 1 is 1.00 bits per heavy atom. The van der Waals surface area contributed by atoms with Gasteiger partial charge in [-0.3, -0.25) is 4.79 Å². The van der Waals surface area contributed by atoms with Crippen LogP contribution in [-0.2, 0) is 6.54 Å². The molecule has 2 aromatic carbocycles. The first-order valence-corrected chi connectivity index (χ1v) is 10.2. The second kappa shape index (κ2) is 9.11. The van der Waals surface area contributed by atoms with Crippen LogP contribution in [0.25, 0.3) is 0 Å². The zero-order chi connectivity index (χ0) is 20.1. The van der Waals surface area contributed by atoms with Gasteiger partial charge in [0.2, 0.25) is 0 Å². The summed E-state index contributed by atoms with van der Waals surface area (Å²) in [6.45, 7) is 4.56. The van der Waals surface area contributed by atoms with Gasteiger partial charge in [0.25, 0.3) is 5.56 Å². The molecular formula is C23H23BrN2O2. The van der Waals surface area contributed by atoms with Crippen molar-refractivity contribution in [3.05, 3.63) is 109 Å². The van der Waals surface area contributed by atoms with Gasteiger partial charge in [0.05, 0.1) is 0 Å². The highest BCUT2D eigenvalue weighted by Crippen LogP contribution is 2.37. The molecule has 28 heavy (non-hydrogen) atoms. The molecule has 0 aliphatic rings. The molecule has 0 radical (unpaired) electrons. The Bertz CT molecular complexity index is 1010. The fourth-order valence-corrected chi connectivity index (χ4v) is 3.84. The van der Waals surface area contributed by atoms with Crippen LogP contribution in [0.2, 0.25) is 0 Å². The van der Waals surface area contributed by atoms with Gasteiger partial charge in [0, 0.05) is 29.2 Å². The molecule has 2 atom stereocenters. The topological polar surface area (TPSA) is 51.4 Å². The monoisotopic (exact) mass is 438 g/mol. The van der Waals surface area contributed by atoms with Gasteiger partial charge in [-0.15, -0.1) is 0 Å². The molecule has 0 bridgehead atoms. The standard InChI is InChI=1S/C23H23BrN2O2/c1-3-26-15-18(10-13-23(26)27)22(25-28)14-21(17-8-11-19(24)12-9-17)20-7-5-4-6-16(20)2/h4-13,15,21-22H,3,14H2,1-2H3. The molecule has 3 aromatic rings. The maximum atomic E-state index is 11.9. The molecule has 4 nitrogen and oxygen atoms in total. The number of halogens is 1. The van der Waals surface area contributed by atoms with E-state index in [-0.39, 0.29) is 11.5 Å². The van der Waals surface area contributed by atoms with Crippen LogP contribution in [0.3, 0.4) is 0 Å². The molecule has 1 heterocycles. The van der Waals surface area contributed by atoms with Crippen molar-refractivity contribution in [3.8, 4) is 0 Å². The van der Waals surface area contributed by atoms with Gasteiger partial charge in [0.1, 0.15) is 6.04 Å². The summed E-state index contributed by atoms with van der Waals surface area (Å²) in [5.41, 5.74) is 4.20. The molecule has 2 unspecified atom stereocenters. The van der Waals surface area contributed by atoms with Crippen LogP contribution in [0, 0.1) is 11.8 Å². The van der Waals surface area contributed by atoms with Crippen molar-refractivity contribution in [3.63, 3.8) is 0 Å². The normalized spacial score (nSPS) is 13.1. The molecule has 0 aliphatic carbocycles. The first kappa shape index (κ1) is 20.2. The van der Waals surface area contributed by atoms with E-state index in [1.807, 2.05) is 31.2 Å². The number of benzene rings is 2. The smallest absolute Gasteiger partial charge is 0.250 e. The second-order valence-corrected chi connectivity index (χ2v) is 7.82. The quantitative estimate of drug-likeness (QED) is 0.426. The average molecular weight is 439 g/mol. The fourth-order valence-electron chi connectivity index (χ4n) is 3.57. The van der Waals surface area contributed by atoms with E-state index < -0.39 is 6.04 Å². The Morgan fingerprint density at radius 3 is 2.32 bits per heavy atom. The predicted molar refractivity (Wildman–Crippen MR) is 117 cm³/mol. The van der Waals surface area contributed by atoms with Gasteiger partial charge >= 0.3 is 0 Å². The van der Waals surface area contributed by atoms with Gasteiger partial charge in [-0.05, 0) is 60.7 Å². The summed E-state index contributed by atoms with van der Waals surface area (Å²) in [5, 5.41) is 3.43. The maximum Gasteiger partial charge on any atom is 0.250 e. The molecule has 0 fully saturated rings. The third-order valence-electron chi connectivity index (χ3n) is 5.15. The summed E-state index contributed by atoms with van der Waals surface area (Å²) >= 11 is 3.49. The van der Waals surface area contributed by atoms with Gasteiger partial charge < -0.3 is 4.57 Å². The van der Waals surface area contributed by atoms with Crippen LogP contribution >= 0.6 is 15.9 Å². The minimum Gasteiger partial charge on any atom is -0.315 e. The molecule has 0 saturated carbocycles. The van der Waals surface area contributed by atoms with Crippen molar-refractivity contribution < 1.29 is 0 Å². The number of hydrogen-bond acceptors (Lipinski definition) is 3. The summed E-state index contributed by atoms with van der Waals surface area (Å²) < 4.78 is 2.62. The van der Waals surface area contributed by atoms with E-state index in [2.05, 4.69) is 52.3 Å². The van der Waals surface area contributed by atoms with Crippen molar-refractivity contribution in [2.45, 2.75) is 38.8 Å². The van der Waals surface area contributed by atoms with E-state index in [9.17, 15) is 9.70 Å². The fraction of sp³-hybridized carbons (Fsp3) is 0.261. The summed E-state index contributed by atoms with van der Waals surface area (Å²) in [6.07, 6.45) is 2.29. The van der Waals surface area contributed by atoms with Gasteiger partial charge in [-0.25, -0.2) is 0 Å². The average Bonchev–Trinajstić information content (AvgIpc) is 2.71. The molecule has 144 valence electrons. The van der Waals surface area contributed by atoms with E-state index in [4.69, 9.17) is 0 Å². The Balaban J connectivity index is 2.02.